The molecule has 1 aliphatic heterocycles. The van der Waals surface area contributed by atoms with E-state index in [0.717, 1.165) is 44.3 Å². The Hall–Kier alpha value is -0.940. The van der Waals surface area contributed by atoms with E-state index in [1.54, 1.807) is 0 Å². The lowest BCUT2D eigenvalue weighted by Gasteiger charge is -2.24. The highest BCUT2D eigenvalue weighted by molar-refractivity contribution is 4.87. The van der Waals surface area contributed by atoms with Crippen molar-refractivity contribution in [2.24, 2.45) is 0 Å². The van der Waals surface area contributed by atoms with Gasteiger partial charge in [-0.2, -0.15) is 4.98 Å². The third-order valence-electron chi connectivity index (χ3n) is 3.65. The number of aromatic nitrogens is 2. The lowest BCUT2D eigenvalue weighted by molar-refractivity contribution is 0.229. The minimum atomic E-state index is 0.634. The topological polar surface area (TPSA) is 54.2 Å². The van der Waals surface area contributed by atoms with Crippen LogP contribution in [0.1, 0.15) is 51.2 Å². The monoisotopic (exact) mass is 266 g/mol. The van der Waals surface area contributed by atoms with Gasteiger partial charge in [0.15, 0.2) is 5.82 Å². The molecule has 1 aromatic rings. The van der Waals surface area contributed by atoms with Crippen LogP contribution in [0.25, 0.3) is 0 Å². The van der Waals surface area contributed by atoms with Crippen LogP contribution in [0.15, 0.2) is 4.52 Å². The molecule has 1 saturated heterocycles. The molecule has 0 aliphatic carbocycles. The summed E-state index contributed by atoms with van der Waals surface area (Å²) in [6, 6.07) is 0.634. The Morgan fingerprint density at radius 3 is 2.95 bits per heavy atom. The van der Waals surface area contributed by atoms with Gasteiger partial charge in [0.2, 0.25) is 5.89 Å². The fourth-order valence-electron chi connectivity index (χ4n) is 2.54. The van der Waals surface area contributed by atoms with Gasteiger partial charge in [0.1, 0.15) is 0 Å². The third-order valence-corrected chi connectivity index (χ3v) is 3.65. The molecule has 2 rings (SSSR count). The number of rotatable bonds is 8. The molecule has 0 spiro atoms. The molecule has 1 N–H and O–H groups in total. The molecule has 1 fully saturated rings. The van der Waals surface area contributed by atoms with E-state index in [-0.39, 0.29) is 0 Å². The molecule has 1 aromatic heterocycles. The van der Waals surface area contributed by atoms with Crippen molar-refractivity contribution >= 4 is 0 Å². The number of hydrogen-bond donors (Lipinski definition) is 1. The van der Waals surface area contributed by atoms with E-state index in [0.29, 0.717) is 6.04 Å². The van der Waals surface area contributed by atoms with Crippen LogP contribution < -0.4 is 5.32 Å². The van der Waals surface area contributed by atoms with Crippen LogP contribution >= 0.6 is 0 Å². The van der Waals surface area contributed by atoms with Gasteiger partial charge >= 0.3 is 0 Å². The van der Waals surface area contributed by atoms with Crippen LogP contribution in [0.2, 0.25) is 0 Å². The van der Waals surface area contributed by atoms with Crippen LogP contribution in [0, 0.1) is 0 Å². The molecule has 5 nitrogen and oxygen atoms in total. The largest absolute Gasteiger partial charge is 0.339 e. The molecular weight excluding hydrogens is 240 g/mol. The van der Waals surface area contributed by atoms with Gasteiger partial charge in [-0.05, 0) is 32.4 Å². The molecule has 0 radical (unpaired) electrons. The van der Waals surface area contributed by atoms with E-state index < -0.39 is 0 Å². The minimum Gasteiger partial charge on any atom is -0.339 e. The zero-order chi connectivity index (χ0) is 13.5. The molecule has 0 aromatic carbocycles. The predicted octanol–water partition coefficient (Wildman–Crippen LogP) is 1.99. The zero-order valence-corrected chi connectivity index (χ0v) is 12.2. The van der Waals surface area contributed by atoms with E-state index in [2.05, 4.69) is 27.3 Å². The Balaban J connectivity index is 1.87. The minimum absolute atomic E-state index is 0.634. The number of hydrogen-bond acceptors (Lipinski definition) is 5. The Kier molecular flexibility index (Phi) is 5.79. The summed E-state index contributed by atoms with van der Waals surface area (Å²) in [6.07, 6.45) is 5.85. The standard InChI is InChI=1S/C14H26N4O/c1-3-5-9-18(10-12-7-6-8-15-12)11-13-16-14(4-2)19-17-13/h12,15H,3-11H2,1-2H3. The number of nitrogens with zero attached hydrogens (tertiary/aromatic N) is 3. The third kappa shape index (κ3) is 4.58. The van der Waals surface area contributed by atoms with Crippen LogP contribution in [-0.2, 0) is 13.0 Å². The van der Waals surface area contributed by atoms with Crippen molar-refractivity contribution in [2.45, 2.75) is 58.5 Å². The normalized spacial score (nSPS) is 19.4. The molecule has 19 heavy (non-hydrogen) atoms. The van der Waals surface area contributed by atoms with Gasteiger partial charge in [-0.3, -0.25) is 4.90 Å². The van der Waals surface area contributed by atoms with E-state index in [1.807, 2.05) is 6.92 Å². The van der Waals surface area contributed by atoms with Gasteiger partial charge in [-0.15, -0.1) is 0 Å². The van der Waals surface area contributed by atoms with Crippen molar-refractivity contribution < 1.29 is 4.52 Å². The van der Waals surface area contributed by atoms with Crippen LogP contribution in [0.4, 0.5) is 0 Å². The highest BCUT2D eigenvalue weighted by atomic mass is 16.5. The summed E-state index contributed by atoms with van der Waals surface area (Å²) in [5.41, 5.74) is 0. The summed E-state index contributed by atoms with van der Waals surface area (Å²) in [6.45, 7) is 8.45. The number of unbranched alkanes of at least 4 members (excludes halogenated alkanes) is 1. The molecule has 5 heteroatoms. The highest BCUT2D eigenvalue weighted by Crippen LogP contribution is 2.10. The lowest BCUT2D eigenvalue weighted by atomic mass is 10.2. The summed E-state index contributed by atoms with van der Waals surface area (Å²) in [7, 11) is 0. The second-order valence-electron chi connectivity index (χ2n) is 5.34. The van der Waals surface area contributed by atoms with Gasteiger partial charge in [-0.25, -0.2) is 0 Å². The van der Waals surface area contributed by atoms with Crippen molar-refractivity contribution in [3.8, 4) is 0 Å². The van der Waals surface area contributed by atoms with E-state index in [1.165, 1.54) is 25.7 Å². The maximum absolute atomic E-state index is 5.19. The summed E-state index contributed by atoms with van der Waals surface area (Å²) >= 11 is 0. The number of aryl methyl sites for hydroxylation is 1. The van der Waals surface area contributed by atoms with Gasteiger partial charge in [-0.1, -0.05) is 25.4 Å². The average Bonchev–Trinajstić information content (AvgIpc) is 3.07. The summed E-state index contributed by atoms with van der Waals surface area (Å²) < 4.78 is 5.19. The molecule has 0 amide bonds. The second kappa shape index (κ2) is 7.60. The van der Waals surface area contributed by atoms with Crippen molar-refractivity contribution in [2.75, 3.05) is 19.6 Å². The maximum Gasteiger partial charge on any atom is 0.226 e. The molecule has 108 valence electrons. The first-order valence-corrected chi connectivity index (χ1v) is 7.59. The van der Waals surface area contributed by atoms with Crippen molar-refractivity contribution in [1.29, 1.82) is 0 Å². The second-order valence-corrected chi connectivity index (χ2v) is 5.34. The van der Waals surface area contributed by atoms with E-state index >= 15 is 0 Å². The molecule has 1 atom stereocenters. The van der Waals surface area contributed by atoms with E-state index in [9.17, 15) is 0 Å². The van der Waals surface area contributed by atoms with Crippen LogP contribution in [0.3, 0.4) is 0 Å². The summed E-state index contributed by atoms with van der Waals surface area (Å²) in [5.74, 6) is 1.57. The fourth-order valence-corrected chi connectivity index (χ4v) is 2.54. The molecule has 0 saturated carbocycles. The number of nitrogens with one attached hydrogen (secondary N) is 1. The van der Waals surface area contributed by atoms with Crippen molar-refractivity contribution in [1.82, 2.24) is 20.4 Å². The zero-order valence-electron chi connectivity index (χ0n) is 12.2. The average molecular weight is 266 g/mol. The molecule has 1 unspecified atom stereocenters. The molecular formula is C14H26N4O. The Morgan fingerprint density at radius 1 is 1.42 bits per heavy atom. The smallest absolute Gasteiger partial charge is 0.226 e. The SMILES string of the molecule is CCCCN(Cc1noc(CC)n1)CC1CCCN1. The van der Waals surface area contributed by atoms with Gasteiger partial charge in [0.25, 0.3) is 0 Å². The predicted molar refractivity (Wildman–Crippen MR) is 74.9 cm³/mol. The first-order valence-electron chi connectivity index (χ1n) is 7.59. The maximum atomic E-state index is 5.19. The quantitative estimate of drug-likeness (QED) is 0.780. The van der Waals surface area contributed by atoms with Crippen molar-refractivity contribution in [3.63, 3.8) is 0 Å². The van der Waals surface area contributed by atoms with Gasteiger partial charge < -0.3 is 9.84 Å². The van der Waals surface area contributed by atoms with Crippen LogP contribution in [0.5, 0.6) is 0 Å². The summed E-state index contributed by atoms with van der Waals surface area (Å²) in [5, 5.41) is 7.62. The first-order chi connectivity index (χ1) is 9.31. The molecule has 0 bridgehead atoms. The first kappa shape index (κ1) is 14.5. The molecule has 1 aliphatic rings. The van der Waals surface area contributed by atoms with Gasteiger partial charge in [0, 0.05) is 19.0 Å². The Bertz CT molecular complexity index is 360. The lowest BCUT2D eigenvalue weighted by Crippen LogP contribution is -2.37. The van der Waals surface area contributed by atoms with Gasteiger partial charge in [0.05, 0.1) is 6.54 Å². The summed E-state index contributed by atoms with van der Waals surface area (Å²) in [4.78, 5) is 6.87. The Morgan fingerprint density at radius 2 is 2.32 bits per heavy atom. The van der Waals surface area contributed by atoms with Crippen molar-refractivity contribution in [3.05, 3.63) is 11.7 Å². The molecule has 2 heterocycles. The van der Waals surface area contributed by atoms with Crippen LogP contribution in [-0.4, -0.2) is 40.7 Å². The van der Waals surface area contributed by atoms with E-state index in [4.69, 9.17) is 4.52 Å². The fraction of sp³-hybridized carbons (Fsp3) is 0.857. The Labute approximate surface area is 115 Å². The highest BCUT2D eigenvalue weighted by Gasteiger charge is 2.19.